The molecule has 0 aromatic heterocycles. The van der Waals surface area contributed by atoms with E-state index in [1.165, 1.54) is 0 Å². The summed E-state index contributed by atoms with van der Waals surface area (Å²) >= 11 is 0. The van der Waals surface area contributed by atoms with E-state index in [0.29, 0.717) is 12.8 Å². The molecule has 0 aliphatic carbocycles. The van der Waals surface area contributed by atoms with Crippen molar-refractivity contribution in [3.63, 3.8) is 0 Å². The van der Waals surface area contributed by atoms with Crippen molar-refractivity contribution in [1.82, 2.24) is 0 Å². The molecule has 0 atom stereocenters. The maximum atomic E-state index is 11.3. The maximum Gasteiger partial charge on any atom is 0.345 e. The molecule has 0 bridgehead atoms. The van der Waals surface area contributed by atoms with Gasteiger partial charge < -0.3 is 0 Å². The molecule has 0 unspecified atom stereocenters. The predicted octanol–water partition coefficient (Wildman–Crippen LogP) is 3.35. The summed E-state index contributed by atoms with van der Waals surface area (Å²) in [5.41, 5.74) is -1.10. The molecule has 0 saturated heterocycles. The van der Waals surface area contributed by atoms with Crippen LogP contribution in [0.3, 0.4) is 0 Å². The van der Waals surface area contributed by atoms with Gasteiger partial charge in [0.05, 0.1) is 0 Å². The lowest BCUT2D eigenvalue weighted by Gasteiger charge is -2.19. The standard InChI is InChI=1S/C15H28O8/c1-7-14(3,4)20-22-18-12(16)10-9-11-13(17)19-23-21-15(5,6)8-2/h7-11H2,1-6H3. The summed E-state index contributed by atoms with van der Waals surface area (Å²) in [6, 6.07) is 0. The molecule has 0 heterocycles. The van der Waals surface area contributed by atoms with Gasteiger partial charge in [-0.05, 0) is 57.0 Å². The molecule has 23 heavy (non-hydrogen) atoms. The lowest BCUT2D eigenvalue weighted by atomic mass is 10.1. The molecule has 0 fully saturated rings. The number of carbonyl (C=O) groups excluding carboxylic acids is 2. The summed E-state index contributed by atoms with van der Waals surface area (Å²) in [6.45, 7) is 11.0. The van der Waals surface area contributed by atoms with Crippen LogP contribution in [-0.4, -0.2) is 23.1 Å². The molecule has 0 radical (unpaired) electrons. The molecular weight excluding hydrogens is 308 g/mol. The van der Waals surface area contributed by atoms with Crippen LogP contribution in [0.25, 0.3) is 0 Å². The van der Waals surface area contributed by atoms with E-state index < -0.39 is 23.1 Å². The van der Waals surface area contributed by atoms with Crippen molar-refractivity contribution >= 4 is 11.9 Å². The van der Waals surface area contributed by atoms with Crippen LogP contribution >= 0.6 is 0 Å². The highest BCUT2D eigenvalue weighted by Gasteiger charge is 2.20. The topological polar surface area (TPSA) is 89.5 Å². The third-order valence-corrected chi connectivity index (χ3v) is 3.24. The lowest BCUT2D eigenvalue weighted by Crippen LogP contribution is -2.24. The molecule has 0 aliphatic heterocycles. The lowest BCUT2D eigenvalue weighted by molar-refractivity contribution is -0.517. The van der Waals surface area contributed by atoms with E-state index in [1.807, 2.05) is 13.8 Å². The Morgan fingerprint density at radius 2 is 1.09 bits per heavy atom. The van der Waals surface area contributed by atoms with Crippen molar-refractivity contribution in [3.05, 3.63) is 0 Å². The first-order chi connectivity index (χ1) is 10.6. The highest BCUT2D eigenvalue weighted by atomic mass is 17.5. The van der Waals surface area contributed by atoms with E-state index in [4.69, 9.17) is 9.78 Å². The third kappa shape index (κ3) is 11.9. The number of carbonyl (C=O) groups is 2. The zero-order valence-electron chi connectivity index (χ0n) is 14.8. The van der Waals surface area contributed by atoms with Crippen LogP contribution in [-0.2, 0) is 39.2 Å². The average Bonchev–Trinajstić information content (AvgIpc) is 2.47. The Balaban J connectivity index is 3.69. The Labute approximate surface area is 137 Å². The summed E-state index contributed by atoms with van der Waals surface area (Å²) in [7, 11) is 0. The molecule has 0 N–H and O–H groups in total. The van der Waals surface area contributed by atoms with Gasteiger partial charge in [-0.3, -0.25) is 9.78 Å². The Hall–Kier alpha value is -1.22. The molecule has 136 valence electrons. The monoisotopic (exact) mass is 336 g/mol. The molecule has 0 rings (SSSR count). The van der Waals surface area contributed by atoms with Crippen molar-refractivity contribution in [3.8, 4) is 0 Å². The Kier molecular flexibility index (Phi) is 9.98. The first-order valence-corrected chi connectivity index (χ1v) is 7.72. The highest BCUT2D eigenvalue weighted by molar-refractivity contribution is 5.71. The summed E-state index contributed by atoms with van der Waals surface area (Å²) in [5.74, 6) is -1.29. The molecule has 0 amide bonds. The maximum absolute atomic E-state index is 11.3. The van der Waals surface area contributed by atoms with Crippen LogP contribution in [0.1, 0.15) is 73.6 Å². The minimum absolute atomic E-state index is 0.0215. The van der Waals surface area contributed by atoms with Gasteiger partial charge in [-0.1, -0.05) is 13.8 Å². The van der Waals surface area contributed by atoms with Crippen molar-refractivity contribution in [2.24, 2.45) is 0 Å². The first-order valence-electron chi connectivity index (χ1n) is 7.72. The van der Waals surface area contributed by atoms with Crippen LogP contribution < -0.4 is 0 Å². The number of hydrogen-bond donors (Lipinski definition) is 0. The molecule has 0 saturated carbocycles. The van der Waals surface area contributed by atoms with Gasteiger partial charge in [-0.25, -0.2) is 9.59 Å². The van der Waals surface area contributed by atoms with Crippen LogP contribution in [0.15, 0.2) is 0 Å². The van der Waals surface area contributed by atoms with Gasteiger partial charge in [0.2, 0.25) is 0 Å². The van der Waals surface area contributed by atoms with E-state index in [1.54, 1.807) is 27.7 Å². The highest BCUT2D eigenvalue weighted by Crippen LogP contribution is 2.15. The Morgan fingerprint density at radius 1 is 0.739 bits per heavy atom. The quantitative estimate of drug-likeness (QED) is 0.396. The summed E-state index contributed by atoms with van der Waals surface area (Å²) in [6.07, 6.45) is 1.55. The molecule has 8 heteroatoms. The number of hydrogen-bond acceptors (Lipinski definition) is 8. The van der Waals surface area contributed by atoms with Crippen LogP contribution in [0, 0.1) is 0 Å². The molecule has 8 nitrogen and oxygen atoms in total. The molecule has 0 aliphatic rings. The number of rotatable bonds is 12. The second-order valence-electron chi connectivity index (χ2n) is 6.29. The van der Waals surface area contributed by atoms with Gasteiger partial charge in [0.1, 0.15) is 11.2 Å². The van der Waals surface area contributed by atoms with E-state index in [9.17, 15) is 9.59 Å². The second kappa shape index (κ2) is 10.5. The zero-order chi connectivity index (χ0) is 17.9. The van der Waals surface area contributed by atoms with Crippen molar-refractivity contribution < 1.29 is 39.2 Å². The smallest absolute Gasteiger partial charge is 0.269 e. The minimum atomic E-state index is -0.644. The molecule has 0 aromatic rings. The Morgan fingerprint density at radius 3 is 1.39 bits per heavy atom. The van der Waals surface area contributed by atoms with E-state index in [-0.39, 0.29) is 19.3 Å². The molecule has 0 aromatic carbocycles. The normalized spacial score (nSPS) is 12.1. The van der Waals surface area contributed by atoms with Gasteiger partial charge >= 0.3 is 11.9 Å². The fraction of sp³-hybridized carbons (Fsp3) is 0.867. The van der Waals surface area contributed by atoms with E-state index in [0.717, 1.165) is 0 Å². The van der Waals surface area contributed by atoms with E-state index in [2.05, 4.69) is 19.9 Å². The van der Waals surface area contributed by atoms with Crippen molar-refractivity contribution in [1.29, 1.82) is 0 Å². The van der Waals surface area contributed by atoms with Crippen LogP contribution in [0.5, 0.6) is 0 Å². The molecule has 0 spiro atoms. The van der Waals surface area contributed by atoms with Gasteiger partial charge in [-0.2, -0.15) is 9.78 Å². The van der Waals surface area contributed by atoms with E-state index >= 15 is 0 Å². The fourth-order valence-corrected chi connectivity index (χ4v) is 0.872. The van der Waals surface area contributed by atoms with Crippen LogP contribution in [0.2, 0.25) is 0 Å². The van der Waals surface area contributed by atoms with Gasteiger partial charge in [0.25, 0.3) is 0 Å². The average molecular weight is 336 g/mol. The second-order valence-corrected chi connectivity index (χ2v) is 6.29. The third-order valence-electron chi connectivity index (χ3n) is 3.24. The first kappa shape index (κ1) is 21.8. The predicted molar refractivity (Wildman–Crippen MR) is 79.1 cm³/mol. The summed E-state index contributed by atoms with van der Waals surface area (Å²) in [4.78, 5) is 41.4. The van der Waals surface area contributed by atoms with Gasteiger partial charge in [-0.15, -0.1) is 0 Å². The van der Waals surface area contributed by atoms with Crippen LogP contribution in [0.4, 0.5) is 0 Å². The van der Waals surface area contributed by atoms with Crippen molar-refractivity contribution in [2.75, 3.05) is 0 Å². The SMILES string of the molecule is CCC(C)(C)OOOC(=O)CCCC(=O)OOOC(C)(C)CC. The largest absolute Gasteiger partial charge is 0.345 e. The summed E-state index contributed by atoms with van der Waals surface area (Å²) < 4.78 is 0. The van der Waals surface area contributed by atoms with Gasteiger partial charge in [0, 0.05) is 12.8 Å². The Bertz CT molecular complexity index is 330. The van der Waals surface area contributed by atoms with Crippen molar-refractivity contribution in [2.45, 2.75) is 84.8 Å². The zero-order valence-corrected chi connectivity index (χ0v) is 14.8. The molecular formula is C15H28O8. The summed E-state index contributed by atoms with van der Waals surface area (Å²) in [5, 5.41) is 8.83. The van der Waals surface area contributed by atoms with Gasteiger partial charge in [0.15, 0.2) is 0 Å². The fourth-order valence-electron chi connectivity index (χ4n) is 0.872. The minimum Gasteiger partial charge on any atom is -0.269 e.